The van der Waals surface area contributed by atoms with Gasteiger partial charge in [0.25, 0.3) is 0 Å². The largest absolute Gasteiger partial charge is 0.392 e. The summed E-state index contributed by atoms with van der Waals surface area (Å²) in [6.45, 7) is 12.1. The monoisotopic (exact) mass is 326 g/mol. The molecule has 0 saturated heterocycles. The highest BCUT2D eigenvalue weighted by atomic mass is 16.3. The zero-order valence-corrected chi connectivity index (χ0v) is 16.1. The third-order valence-corrected chi connectivity index (χ3v) is 3.52. The fourth-order valence-electron chi connectivity index (χ4n) is 2.01. The van der Waals surface area contributed by atoms with Gasteiger partial charge in [-0.15, -0.1) is 0 Å². The average molecular weight is 327 g/mol. The molecule has 0 saturated carbocycles. The number of carbonyl (C=O) groups excluding carboxylic acids is 1. The van der Waals surface area contributed by atoms with Crippen LogP contribution in [-0.2, 0) is 4.79 Å². The molecule has 2 N–H and O–H groups in total. The molecule has 0 aliphatic heterocycles. The normalized spacial score (nSPS) is 13.0. The van der Waals surface area contributed by atoms with E-state index in [0.29, 0.717) is 12.3 Å². The van der Waals surface area contributed by atoms with E-state index in [1.807, 2.05) is 19.9 Å². The highest BCUT2D eigenvalue weighted by Crippen LogP contribution is 2.16. The van der Waals surface area contributed by atoms with E-state index in [1.165, 1.54) is 11.1 Å². The molecule has 0 aromatic heterocycles. The van der Waals surface area contributed by atoms with Crippen LogP contribution >= 0.6 is 0 Å². The summed E-state index contributed by atoms with van der Waals surface area (Å²) in [5, 5.41) is 17.9. The van der Waals surface area contributed by atoms with Crippen LogP contribution in [0.1, 0.15) is 80.1 Å². The molecular weight excluding hydrogens is 288 g/mol. The molecule has 0 aliphatic carbocycles. The van der Waals surface area contributed by atoms with Crippen molar-refractivity contribution in [1.82, 2.24) is 0 Å². The minimum absolute atomic E-state index is 0.167. The first-order valence-electron chi connectivity index (χ1n) is 8.68. The maximum absolute atomic E-state index is 10.1. The maximum Gasteiger partial charge on any atom is 0.120 e. The number of aliphatic hydroxyl groups is 2. The van der Waals surface area contributed by atoms with E-state index in [1.54, 1.807) is 0 Å². The number of hydrogen-bond acceptors (Lipinski definition) is 3. The number of allylic oxidation sites excluding steroid dienone is 3. The average Bonchev–Trinajstić information content (AvgIpc) is 2.38. The summed E-state index contributed by atoms with van der Waals surface area (Å²) >= 11 is 0. The Bertz CT molecular complexity index is 344. The molecule has 1 atom stereocenters. The maximum atomic E-state index is 10.1. The summed E-state index contributed by atoms with van der Waals surface area (Å²) in [6.07, 6.45) is 10.7. The van der Waals surface area contributed by atoms with Gasteiger partial charge in [0.2, 0.25) is 0 Å². The SMILES string of the molecule is CC(C)=CCC/C(C)=C/CO.CC(CC=O)CCCC(C)(C)O. The highest BCUT2D eigenvalue weighted by Gasteiger charge is 2.12. The second-order valence-corrected chi connectivity index (χ2v) is 7.27. The topological polar surface area (TPSA) is 57.5 Å². The quantitative estimate of drug-likeness (QED) is 0.447. The van der Waals surface area contributed by atoms with Gasteiger partial charge in [-0.05, 0) is 59.8 Å². The first-order chi connectivity index (χ1) is 10.6. The minimum atomic E-state index is -0.555. The lowest BCUT2D eigenvalue weighted by Crippen LogP contribution is -2.18. The molecule has 0 aliphatic rings. The Hall–Kier alpha value is -0.930. The summed E-state index contributed by atoms with van der Waals surface area (Å²) < 4.78 is 0. The van der Waals surface area contributed by atoms with Crippen LogP contribution in [0.2, 0.25) is 0 Å². The van der Waals surface area contributed by atoms with E-state index >= 15 is 0 Å². The Morgan fingerprint density at radius 2 is 1.78 bits per heavy atom. The molecule has 3 heteroatoms. The molecule has 0 fully saturated rings. The molecule has 0 radical (unpaired) electrons. The second-order valence-electron chi connectivity index (χ2n) is 7.27. The smallest absolute Gasteiger partial charge is 0.120 e. The number of rotatable bonds is 10. The Labute approximate surface area is 143 Å². The van der Waals surface area contributed by atoms with Crippen LogP contribution < -0.4 is 0 Å². The fourth-order valence-corrected chi connectivity index (χ4v) is 2.01. The zero-order chi connectivity index (χ0) is 18.3. The van der Waals surface area contributed by atoms with E-state index in [2.05, 4.69) is 33.8 Å². The molecule has 0 amide bonds. The molecule has 0 bridgehead atoms. The van der Waals surface area contributed by atoms with Gasteiger partial charge in [-0.1, -0.05) is 43.1 Å². The van der Waals surface area contributed by atoms with Gasteiger partial charge in [-0.2, -0.15) is 0 Å². The van der Waals surface area contributed by atoms with E-state index in [0.717, 1.165) is 38.4 Å². The number of carbonyl (C=O) groups is 1. The molecule has 0 heterocycles. The lowest BCUT2D eigenvalue weighted by Gasteiger charge is -2.17. The molecule has 23 heavy (non-hydrogen) atoms. The van der Waals surface area contributed by atoms with E-state index in [4.69, 9.17) is 5.11 Å². The van der Waals surface area contributed by atoms with Crippen molar-refractivity contribution in [3.05, 3.63) is 23.3 Å². The Morgan fingerprint density at radius 3 is 2.22 bits per heavy atom. The second kappa shape index (κ2) is 14.6. The van der Waals surface area contributed by atoms with Gasteiger partial charge in [0.05, 0.1) is 12.2 Å². The van der Waals surface area contributed by atoms with Crippen LogP contribution in [0.15, 0.2) is 23.3 Å². The Balaban J connectivity index is 0. The van der Waals surface area contributed by atoms with Gasteiger partial charge in [0.15, 0.2) is 0 Å². The van der Waals surface area contributed by atoms with Gasteiger partial charge < -0.3 is 15.0 Å². The van der Waals surface area contributed by atoms with Crippen LogP contribution in [0.25, 0.3) is 0 Å². The zero-order valence-electron chi connectivity index (χ0n) is 16.1. The minimum Gasteiger partial charge on any atom is -0.392 e. The van der Waals surface area contributed by atoms with Crippen LogP contribution in [0, 0.1) is 5.92 Å². The molecular formula is C20H38O3. The van der Waals surface area contributed by atoms with E-state index in [-0.39, 0.29) is 6.61 Å². The van der Waals surface area contributed by atoms with Gasteiger partial charge in [-0.3, -0.25) is 0 Å². The van der Waals surface area contributed by atoms with Crippen molar-refractivity contribution >= 4 is 6.29 Å². The lowest BCUT2D eigenvalue weighted by atomic mass is 9.96. The predicted molar refractivity (Wildman–Crippen MR) is 99.5 cm³/mol. The van der Waals surface area contributed by atoms with Crippen molar-refractivity contribution in [1.29, 1.82) is 0 Å². The van der Waals surface area contributed by atoms with Crippen molar-refractivity contribution in [2.75, 3.05) is 6.61 Å². The fraction of sp³-hybridized carbons (Fsp3) is 0.750. The molecule has 0 spiro atoms. The first kappa shape index (κ1) is 24.3. The summed E-state index contributed by atoms with van der Waals surface area (Å²) in [4.78, 5) is 10.1. The summed E-state index contributed by atoms with van der Waals surface area (Å²) in [5.41, 5.74) is 2.08. The van der Waals surface area contributed by atoms with Crippen molar-refractivity contribution in [2.24, 2.45) is 5.92 Å². The molecule has 136 valence electrons. The number of aliphatic hydroxyl groups excluding tert-OH is 1. The molecule has 3 nitrogen and oxygen atoms in total. The van der Waals surface area contributed by atoms with E-state index < -0.39 is 5.60 Å². The molecule has 0 rings (SSSR count). The van der Waals surface area contributed by atoms with Crippen LogP contribution in [0.4, 0.5) is 0 Å². The lowest BCUT2D eigenvalue weighted by molar-refractivity contribution is -0.108. The van der Waals surface area contributed by atoms with Crippen LogP contribution in [0.5, 0.6) is 0 Å². The Morgan fingerprint density at radius 1 is 1.17 bits per heavy atom. The molecule has 0 aromatic rings. The van der Waals surface area contributed by atoms with Crippen molar-refractivity contribution in [2.45, 2.75) is 85.7 Å². The third kappa shape index (κ3) is 23.5. The van der Waals surface area contributed by atoms with Crippen molar-refractivity contribution in [3.8, 4) is 0 Å². The van der Waals surface area contributed by atoms with Crippen LogP contribution in [0.3, 0.4) is 0 Å². The molecule has 0 aromatic carbocycles. The third-order valence-electron chi connectivity index (χ3n) is 3.52. The van der Waals surface area contributed by atoms with Gasteiger partial charge in [-0.25, -0.2) is 0 Å². The summed E-state index contributed by atoms with van der Waals surface area (Å²) in [6, 6.07) is 0. The summed E-state index contributed by atoms with van der Waals surface area (Å²) in [5.74, 6) is 0.463. The highest BCUT2D eigenvalue weighted by molar-refractivity contribution is 5.49. The number of aldehydes is 1. The van der Waals surface area contributed by atoms with Crippen LogP contribution in [-0.4, -0.2) is 28.7 Å². The number of hydrogen-bond donors (Lipinski definition) is 2. The van der Waals surface area contributed by atoms with Gasteiger partial charge in [0.1, 0.15) is 6.29 Å². The standard InChI is InChI=1S/C10H20O2.C10H18O/c1-9(6-8-11)5-4-7-10(2,3)12;1-9(2)5-4-6-10(3)7-8-11/h8-9,12H,4-7H2,1-3H3;5,7,11H,4,6,8H2,1-3H3/b;10-7+. The van der Waals surface area contributed by atoms with E-state index in [9.17, 15) is 9.90 Å². The van der Waals surface area contributed by atoms with Crippen molar-refractivity contribution in [3.63, 3.8) is 0 Å². The van der Waals surface area contributed by atoms with Gasteiger partial charge >= 0.3 is 0 Å². The van der Waals surface area contributed by atoms with Gasteiger partial charge in [0, 0.05) is 6.42 Å². The van der Waals surface area contributed by atoms with Crippen molar-refractivity contribution < 1.29 is 15.0 Å². The first-order valence-corrected chi connectivity index (χ1v) is 8.68. The Kier molecular flexibility index (Phi) is 15.5. The molecule has 1 unspecified atom stereocenters. The predicted octanol–water partition coefficient (Wildman–Crippen LogP) is 4.82. The summed E-state index contributed by atoms with van der Waals surface area (Å²) in [7, 11) is 0.